The number of aromatic nitrogens is 2. The maximum Gasteiger partial charge on any atom is 0.330 e. The molecule has 2 heterocycles. The molecule has 1 fully saturated rings. The van der Waals surface area contributed by atoms with Gasteiger partial charge in [-0.3, -0.25) is 9.36 Å². The largest absolute Gasteiger partial charge is 0.330 e. The zero-order chi connectivity index (χ0) is 13.0. The first kappa shape index (κ1) is 13.1. The van der Waals surface area contributed by atoms with Crippen LogP contribution in [0.4, 0.5) is 0 Å². The highest BCUT2D eigenvalue weighted by molar-refractivity contribution is 4.86. The van der Waals surface area contributed by atoms with Crippen molar-refractivity contribution in [1.82, 2.24) is 14.5 Å². The Morgan fingerprint density at radius 3 is 2.94 bits per heavy atom. The third-order valence-electron chi connectivity index (χ3n) is 3.58. The summed E-state index contributed by atoms with van der Waals surface area (Å²) >= 11 is 0. The number of rotatable bonds is 5. The first-order chi connectivity index (χ1) is 8.72. The molecule has 0 bridgehead atoms. The highest BCUT2D eigenvalue weighted by Gasteiger charge is 2.13. The number of aryl methyl sites for hydroxylation is 1. The highest BCUT2D eigenvalue weighted by Crippen LogP contribution is 2.10. The second kappa shape index (κ2) is 6.00. The van der Waals surface area contributed by atoms with Crippen LogP contribution in [0.15, 0.2) is 21.9 Å². The first-order valence-electron chi connectivity index (χ1n) is 6.76. The van der Waals surface area contributed by atoms with E-state index < -0.39 is 0 Å². The Kier molecular flexibility index (Phi) is 4.36. The molecule has 1 aliphatic rings. The van der Waals surface area contributed by atoms with Crippen LogP contribution in [0.3, 0.4) is 0 Å². The van der Waals surface area contributed by atoms with Gasteiger partial charge in [-0.05, 0) is 39.2 Å². The average Bonchev–Trinajstić information content (AvgIpc) is 2.86. The summed E-state index contributed by atoms with van der Waals surface area (Å²) in [4.78, 5) is 23.6. The van der Waals surface area contributed by atoms with Crippen LogP contribution in [0.5, 0.6) is 0 Å². The summed E-state index contributed by atoms with van der Waals surface area (Å²) in [5.74, 6) is 0. The van der Waals surface area contributed by atoms with Gasteiger partial charge in [0.2, 0.25) is 0 Å². The number of hydrogen-bond acceptors (Lipinski definition) is 3. The molecule has 1 atom stereocenters. The van der Waals surface area contributed by atoms with Gasteiger partial charge in [0.25, 0.3) is 5.56 Å². The Hall–Kier alpha value is -1.36. The molecule has 5 nitrogen and oxygen atoms in total. The van der Waals surface area contributed by atoms with Gasteiger partial charge >= 0.3 is 5.69 Å². The fraction of sp³-hybridized carbons (Fsp3) is 0.692. The van der Waals surface area contributed by atoms with Gasteiger partial charge in [0, 0.05) is 31.4 Å². The van der Waals surface area contributed by atoms with Crippen molar-refractivity contribution in [3.63, 3.8) is 0 Å². The maximum absolute atomic E-state index is 12.0. The van der Waals surface area contributed by atoms with Crippen molar-refractivity contribution in [2.24, 2.45) is 0 Å². The SMILES string of the molecule is CCn1ccc(=O)n(CCCC2CCCN2)c1=O. The van der Waals surface area contributed by atoms with Crippen molar-refractivity contribution < 1.29 is 0 Å². The molecular weight excluding hydrogens is 230 g/mol. The maximum atomic E-state index is 12.0. The van der Waals surface area contributed by atoms with E-state index in [1.165, 1.54) is 23.5 Å². The normalized spacial score (nSPS) is 19.3. The van der Waals surface area contributed by atoms with Gasteiger partial charge in [-0.1, -0.05) is 0 Å². The third-order valence-corrected chi connectivity index (χ3v) is 3.58. The van der Waals surface area contributed by atoms with Crippen LogP contribution in [0.1, 0.15) is 32.6 Å². The summed E-state index contributed by atoms with van der Waals surface area (Å²) < 4.78 is 2.91. The van der Waals surface area contributed by atoms with E-state index in [0.717, 1.165) is 19.4 Å². The molecular formula is C13H21N3O2. The summed E-state index contributed by atoms with van der Waals surface area (Å²) in [6.07, 6.45) is 5.93. The summed E-state index contributed by atoms with van der Waals surface area (Å²) in [6.45, 7) is 4.12. The minimum Gasteiger partial charge on any atom is -0.314 e. The molecule has 0 radical (unpaired) electrons. The van der Waals surface area contributed by atoms with Gasteiger partial charge in [0.1, 0.15) is 0 Å². The summed E-state index contributed by atoms with van der Waals surface area (Å²) in [6, 6.07) is 2.04. The number of hydrogen-bond donors (Lipinski definition) is 1. The molecule has 1 aromatic heterocycles. The Morgan fingerprint density at radius 1 is 1.44 bits per heavy atom. The van der Waals surface area contributed by atoms with Crippen LogP contribution in [0.25, 0.3) is 0 Å². The molecule has 1 unspecified atom stereocenters. The van der Waals surface area contributed by atoms with E-state index >= 15 is 0 Å². The zero-order valence-corrected chi connectivity index (χ0v) is 10.9. The Balaban J connectivity index is 2.00. The molecule has 1 aromatic rings. The van der Waals surface area contributed by atoms with E-state index in [0.29, 0.717) is 19.1 Å². The van der Waals surface area contributed by atoms with Crippen molar-refractivity contribution >= 4 is 0 Å². The molecule has 18 heavy (non-hydrogen) atoms. The van der Waals surface area contributed by atoms with E-state index in [9.17, 15) is 9.59 Å². The molecule has 0 aromatic carbocycles. The molecule has 0 saturated carbocycles. The molecule has 100 valence electrons. The lowest BCUT2D eigenvalue weighted by Gasteiger charge is -2.11. The molecule has 1 N–H and O–H groups in total. The third kappa shape index (κ3) is 2.90. The van der Waals surface area contributed by atoms with E-state index in [4.69, 9.17) is 0 Å². The van der Waals surface area contributed by atoms with Crippen LogP contribution >= 0.6 is 0 Å². The van der Waals surface area contributed by atoms with Gasteiger partial charge in [0.15, 0.2) is 0 Å². The smallest absolute Gasteiger partial charge is 0.314 e. The number of nitrogens with zero attached hydrogens (tertiary/aromatic N) is 2. The van der Waals surface area contributed by atoms with Gasteiger partial charge in [0.05, 0.1) is 0 Å². The van der Waals surface area contributed by atoms with Gasteiger partial charge in [-0.15, -0.1) is 0 Å². The minimum absolute atomic E-state index is 0.190. The van der Waals surface area contributed by atoms with E-state index in [1.807, 2.05) is 6.92 Å². The van der Waals surface area contributed by atoms with Crippen molar-refractivity contribution in [2.75, 3.05) is 6.54 Å². The summed E-state index contributed by atoms with van der Waals surface area (Å²) in [5, 5.41) is 3.42. The van der Waals surface area contributed by atoms with Crippen LogP contribution in [-0.2, 0) is 13.1 Å². The molecule has 0 amide bonds. The second-order valence-corrected chi connectivity index (χ2v) is 4.81. The Labute approximate surface area is 106 Å². The van der Waals surface area contributed by atoms with E-state index in [2.05, 4.69) is 5.32 Å². The molecule has 2 rings (SSSR count). The molecule has 0 aliphatic carbocycles. The standard InChI is InChI=1S/C13H21N3O2/c1-2-15-10-7-12(17)16(13(15)18)9-4-6-11-5-3-8-14-11/h7,10-11,14H,2-6,8-9H2,1H3. The van der Waals surface area contributed by atoms with Crippen LogP contribution < -0.4 is 16.6 Å². The van der Waals surface area contributed by atoms with Crippen LogP contribution in [0.2, 0.25) is 0 Å². The zero-order valence-electron chi connectivity index (χ0n) is 10.9. The average molecular weight is 251 g/mol. The predicted octanol–water partition coefficient (Wildman–Crippen LogP) is 0.562. The summed E-state index contributed by atoms with van der Waals surface area (Å²) in [5.41, 5.74) is -0.381. The quantitative estimate of drug-likeness (QED) is 0.832. The van der Waals surface area contributed by atoms with Gasteiger partial charge in [-0.25, -0.2) is 4.79 Å². The lowest BCUT2D eigenvalue weighted by Crippen LogP contribution is -2.39. The topological polar surface area (TPSA) is 56.0 Å². The van der Waals surface area contributed by atoms with Crippen molar-refractivity contribution in [1.29, 1.82) is 0 Å². The van der Waals surface area contributed by atoms with Gasteiger partial charge in [-0.2, -0.15) is 0 Å². The van der Waals surface area contributed by atoms with E-state index in [1.54, 1.807) is 10.8 Å². The molecule has 1 aliphatic heterocycles. The van der Waals surface area contributed by atoms with Gasteiger partial charge < -0.3 is 9.88 Å². The lowest BCUT2D eigenvalue weighted by molar-refractivity contribution is 0.477. The monoisotopic (exact) mass is 251 g/mol. The second-order valence-electron chi connectivity index (χ2n) is 4.81. The fourth-order valence-electron chi connectivity index (χ4n) is 2.50. The van der Waals surface area contributed by atoms with Crippen molar-refractivity contribution in [3.8, 4) is 0 Å². The fourth-order valence-corrected chi connectivity index (χ4v) is 2.50. The minimum atomic E-state index is -0.191. The Bertz CT molecular complexity index is 498. The number of nitrogens with one attached hydrogen (secondary N) is 1. The lowest BCUT2D eigenvalue weighted by atomic mass is 10.1. The van der Waals surface area contributed by atoms with Crippen molar-refractivity contribution in [2.45, 2.75) is 51.7 Å². The van der Waals surface area contributed by atoms with Crippen molar-refractivity contribution in [3.05, 3.63) is 33.1 Å². The van der Waals surface area contributed by atoms with E-state index in [-0.39, 0.29) is 11.2 Å². The molecule has 0 spiro atoms. The van der Waals surface area contributed by atoms with Crippen LogP contribution in [0, 0.1) is 0 Å². The Morgan fingerprint density at radius 2 is 2.28 bits per heavy atom. The predicted molar refractivity (Wildman–Crippen MR) is 70.9 cm³/mol. The van der Waals surface area contributed by atoms with Crippen LogP contribution in [-0.4, -0.2) is 21.7 Å². The summed E-state index contributed by atoms with van der Waals surface area (Å²) in [7, 11) is 0. The highest BCUT2D eigenvalue weighted by atomic mass is 16.2. The molecule has 1 saturated heterocycles. The molecule has 5 heteroatoms. The first-order valence-corrected chi connectivity index (χ1v) is 6.76.